The Labute approximate surface area is 657 Å². The zero-order valence-electron chi connectivity index (χ0n) is 65.6. The van der Waals surface area contributed by atoms with Gasteiger partial charge in [-0.2, -0.15) is 0 Å². The molecule has 11 rings (SSSR count). The first-order chi connectivity index (χ1) is 53.3. The lowest BCUT2D eigenvalue weighted by atomic mass is 9.33. The second kappa shape index (κ2) is 37.0. The van der Waals surface area contributed by atoms with Crippen LogP contribution >= 0.6 is 0 Å². The van der Waals surface area contributed by atoms with Gasteiger partial charge in [0.2, 0.25) is 6.29 Å². The van der Waals surface area contributed by atoms with Gasteiger partial charge >= 0.3 is 17.9 Å². The lowest BCUT2D eigenvalue weighted by molar-refractivity contribution is -0.382. The molecular formula is C78H126O35. The number of carboxylic acid groups (broad SMARTS) is 1. The number of carbonyl (C=O) groups is 4. The van der Waals surface area contributed by atoms with E-state index in [1.165, 1.54) is 13.8 Å². The van der Waals surface area contributed by atoms with Gasteiger partial charge < -0.3 is 153 Å². The monoisotopic (exact) mass is 1620 g/mol. The number of aliphatic hydroxyl groups is 17. The third-order valence-corrected chi connectivity index (χ3v) is 27.9. The Morgan fingerprint density at radius 3 is 1.61 bits per heavy atom. The number of unbranched alkanes of at least 4 members (excludes halogenated alkanes) is 8. The van der Waals surface area contributed by atoms with E-state index in [0.29, 0.717) is 83.7 Å². The normalized spacial score (nSPS) is 47.8. The highest BCUT2D eigenvalue weighted by molar-refractivity contribution is 5.80. The largest absolute Gasteiger partial charge is 0.481 e. The van der Waals surface area contributed by atoms with Gasteiger partial charge in [0.05, 0.1) is 56.8 Å². The van der Waals surface area contributed by atoms with E-state index < -0.39 is 267 Å². The number of ether oxygens (including phenoxy) is 13. The lowest BCUT2D eigenvalue weighted by Gasteiger charge is -2.71. The summed E-state index contributed by atoms with van der Waals surface area (Å²) in [6, 6.07) is 0. The SMILES string of the molecule is C[C@@H]1O[C@@H](O[C@H]2[C@H](OC(=O)[C@]34CCC(C)(C)C[C@H]3C3=CC[C@@H]5[C@@]6(C)C[C@H](O)[C@H](O[C@@H]7O[C@H](CO)[C@@H](O)[C@H](O)[C@H]7O)[C@@](C)(C(=O)O)[C@@H]6CC[C@@]5(C)[C@]3(C)C[C@H]4O)OC[C@H](OC(=O)CCCCCCCC(=O)CCCCCCCO[C@@H]3OC[C@@H](O)[C@H](O)[C@H]3O)[C@@H]2O[C@@H]2OC[C@H](O)[C@H](O)[C@H]2O)[C@H](O)[C@H](O)[C@H]1O[C@@H]1OC[C@H](O)[C@H](O)[C@H]1O. The summed E-state index contributed by atoms with van der Waals surface area (Å²) in [6.45, 7) is 10.8. The van der Waals surface area contributed by atoms with Gasteiger partial charge in [-0.15, -0.1) is 0 Å². The van der Waals surface area contributed by atoms with Crippen molar-refractivity contribution < 1.29 is 173 Å². The number of aliphatic carboxylic acids is 1. The van der Waals surface area contributed by atoms with E-state index in [1.54, 1.807) is 0 Å². The van der Waals surface area contributed by atoms with Crippen molar-refractivity contribution >= 4 is 23.7 Å². The predicted octanol–water partition coefficient (Wildman–Crippen LogP) is -1.61. The highest BCUT2D eigenvalue weighted by atomic mass is 16.8. The van der Waals surface area contributed by atoms with Crippen LogP contribution in [0.1, 0.15) is 183 Å². The molecule has 113 heavy (non-hydrogen) atoms. The number of hydrogen-bond acceptors (Lipinski definition) is 34. The molecule has 6 saturated heterocycles. The maximum Gasteiger partial charge on any atom is 0.317 e. The van der Waals surface area contributed by atoms with E-state index in [1.807, 2.05) is 6.92 Å². The minimum Gasteiger partial charge on any atom is -0.481 e. The standard InChI is InChI=1S/C78H126O35/c1-36-61(109-66-57(94)51(88)42(83)33-103-66)55(92)60(97)68(106-36)111-63-62(110-67-58(95)52(89)43(84)34-104-67)45(107-49(86)20-16-12-8-10-14-18-37(80)19-15-11-9-13-17-27-101-65-56(93)50(87)41(82)32-102-65)35-105-70(63)113-72(100)78-26-25-73(2,3)28-39(78)38-21-22-46-74(4)29-40(81)64(112-69-59(96)54(91)53(90)44(31-79)108-69)77(7,71(98)99)47(74)23-24-75(46,5)76(38,6)30-48(78)85/h21,36,39-48,50-70,79,81-85,87-97H,8-20,22-35H2,1-7H3,(H,98,99)/t36-,39-,40-,41+,42-,43-,44+,45-,46+,47+,48+,50-,51-,52-,53+,54-,55-,56+,57+,58+,59+,60+,61-,62-,63+,64-,65+,66-,67-,68-,69-,70-,74+,75+,76+,77-,78+/m0/s1. The van der Waals surface area contributed by atoms with Gasteiger partial charge in [-0.3, -0.25) is 19.2 Å². The number of esters is 2. The summed E-state index contributed by atoms with van der Waals surface area (Å²) in [5.74, 6) is -4.75. The van der Waals surface area contributed by atoms with Crippen LogP contribution < -0.4 is 0 Å². The summed E-state index contributed by atoms with van der Waals surface area (Å²) in [4.78, 5) is 57.2. The zero-order chi connectivity index (χ0) is 82.4. The molecule has 35 nitrogen and oxygen atoms in total. The summed E-state index contributed by atoms with van der Waals surface area (Å²) in [7, 11) is 0. The van der Waals surface area contributed by atoms with Gasteiger partial charge in [0.15, 0.2) is 43.7 Å². The van der Waals surface area contributed by atoms with E-state index in [0.717, 1.165) is 31.3 Å². The van der Waals surface area contributed by atoms with Crippen LogP contribution in [0.25, 0.3) is 0 Å². The van der Waals surface area contributed by atoms with Crippen molar-refractivity contribution in [1.82, 2.24) is 0 Å². The smallest absolute Gasteiger partial charge is 0.317 e. The van der Waals surface area contributed by atoms with Gasteiger partial charge in [0.1, 0.15) is 121 Å². The van der Waals surface area contributed by atoms with E-state index >= 15 is 4.79 Å². The molecule has 0 radical (unpaired) electrons. The molecule has 0 amide bonds. The van der Waals surface area contributed by atoms with E-state index in [2.05, 4.69) is 33.8 Å². The maximum absolute atomic E-state index is 16.3. The highest BCUT2D eigenvalue weighted by Crippen LogP contribution is 2.76. The first kappa shape index (κ1) is 90.5. The van der Waals surface area contributed by atoms with Crippen LogP contribution in [0.5, 0.6) is 0 Å². The van der Waals surface area contributed by atoms with Gasteiger partial charge in [0, 0.05) is 25.9 Å². The summed E-state index contributed by atoms with van der Waals surface area (Å²) in [6.07, 6.45) is -36.8. The van der Waals surface area contributed by atoms with Gasteiger partial charge in [0.25, 0.3) is 0 Å². The Bertz CT molecular complexity index is 3200. The average Bonchev–Trinajstić information content (AvgIpc) is 0.667. The van der Waals surface area contributed by atoms with Crippen LogP contribution in [0.15, 0.2) is 11.6 Å². The van der Waals surface area contributed by atoms with E-state index in [4.69, 9.17) is 61.6 Å². The molecule has 10 fully saturated rings. The Morgan fingerprint density at radius 2 is 1.01 bits per heavy atom. The van der Waals surface area contributed by atoms with Crippen LogP contribution in [0.2, 0.25) is 0 Å². The number of Topliss-reactive ketones (excluding diaryl/α,β-unsaturated/α-hetero) is 1. The Hall–Kier alpha value is -3.30. The fourth-order valence-corrected chi connectivity index (χ4v) is 20.9. The molecule has 0 bridgehead atoms. The van der Waals surface area contributed by atoms with Crippen LogP contribution in [0.4, 0.5) is 0 Å². The summed E-state index contributed by atoms with van der Waals surface area (Å²) in [5, 5.41) is 198. The number of carboxylic acids is 1. The van der Waals surface area contributed by atoms with Crippen molar-refractivity contribution in [2.45, 2.75) is 361 Å². The number of hydrogen-bond donors (Lipinski definition) is 18. The second-order valence-electron chi connectivity index (χ2n) is 35.7. The van der Waals surface area contributed by atoms with Gasteiger partial charge in [-0.25, -0.2) is 0 Å². The second-order valence-corrected chi connectivity index (χ2v) is 35.7. The molecule has 11 aliphatic rings. The zero-order valence-corrected chi connectivity index (χ0v) is 65.6. The first-order valence-corrected chi connectivity index (χ1v) is 40.7. The fraction of sp³-hybridized carbons (Fsp3) is 0.923. The van der Waals surface area contributed by atoms with Gasteiger partial charge in [-0.05, 0) is 130 Å². The topological polar surface area (TPSA) is 552 Å². The number of allylic oxidation sites excluding steroid dienone is 2. The quantitative estimate of drug-likeness (QED) is 0.0166. The van der Waals surface area contributed by atoms with Crippen LogP contribution in [0, 0.1) is 50.2 Å². The Balaban J connectivity index is 0.807. The molecule has 35 heteroatoms. The maximum atomic E-state index is 16.3. The number of aliphatic hydroxyl groups excluding tert-OH is 17. The third kappa shape index (κ3) is 18.1. The van der Waals surface area contributed by atoms with E-state index in [-0.39, 0.29) is 50.4 Å². The molecule has 0 aromatic carbocycles. The molecule has 648 valence electrons. The minimum absolute atomic E-state index is 0.00214. The predicted molar refractivity (Wildman–Crippen MR) is 383 cm³/mol. The Morgan fingerprint density at radius 1 is 0.487 bits per heavy atom. The molecule has 0 unspecified atom stereocenters. The van der Waals surface area contributed by atoms with Crippen LogP contribution in [-0.2, 0) is 80.8 Å². The van der Waals surface area contributed by atoms with Gasteiger partial charge in [-0.1, -0.05) is 84.8 Å². The Kier molecular flexibility index (Phi) is 29.6. The molecule has 18 N–H and O–H groups in total. The lowest BCUT2D eigenvalue weighted by Crippen LogP contribution is -2.71. The number of fused-ring (bicyclic) bond motifs is 7. The van der Waals surface area contributed by atoms with Crippen molar-refractivity contribution in [3.8, 4) is 0 Å². The molecule has 0 aromatic rings. The number of ketones is 1. The average molecular weight is 1620 g/mol. The fourth-order valence-electron chi connectivity index (χ4n) is 20.9. The molecule has 0 aromatic heterocycles. The number of rotatable bonds is 30. The minimum atomic E-state index is -2.10. The summed E-state index contributed by atoms with van der Waals surface area (Å²) >= 11 is 0. The van der Waals surface area contributed by atoms with Crippen molar-refractivity contribution in [2.75, 3.05) is 39.6 Å². The van der Waals surface area contributed by atoms with Crippen molar-refractivity contribution in [1.29, 1.82) is 0 Å². The molecule has 4 saturated carbocycles. The molecular weight excluding hydrogens is 1500 g/mol. The molecule has 6 heterocycles. The first-order valence-electron chi connectivity index (χ1n) is 40.7. The van der Waals surface area contributed by atoms with Crippen molar-refractivity contribution in [3.05, 3.63) is 11.6 Å². The molecule has 6 aliphatic heterocycles. The summed E-state index contributed by atoms with van der Waals surface area (Å²) < 4.78 is 78.4. The van der Waals surface area contributed by atoms with Crippen LogP contribution in [-0.4, -0.2) is 333 Å². The molecule has 0 spiro atoms. The van der Waals surface area contributed by atoms with E-state index in [9.17, 15) is 106 Å². The molecule has 37 atom stereocenters. The highest BCUT2D eigenvalue weighted by Gasteiger charge is 2.75. The van der Waals surface area contributed by atoms with Crippen molar-refractivity contribution in [3.63, 3.8) is 0 Å². The van der Waals surface area contributed by atoms with Crippen molar-refractivity contribution in [2.24, 2.45) is 50.2 Å². The number of carbonyl (C=O) groups excluding carboxylic acids is 3. The van der Waals surface area contributed by atoms with Crippen LogP contribution in [0.3, 0.4) is 0 Å². The summed E-state index contributed by atoms with van der Waals surface area (Å²) in [5.41, 5.74) is -5.89. The molecule has 5 aliphatic carbocycles. The third-order valence-electron chi connectivity index (χ3n) is 27.9.